The second kappa shape index (κ2) is 9.51. The van der Waals surface area contributed by atoms with E-state index in [1.165, 1.54) is 27.0 Å². The second-order valence-electron chi connectivity index (χ2n) is 8.05. The van der Waals surface area contributed by atoms with Gasteiger partial charge in [0.15, 0.2) is 0 Å². The van der Waals surface area contributed by atoms with E-state index in [-0.39, 0.29) is 6.04 Å². The molecule has 0 N–H and O–H groups in total. The lowest BCUT2D eigenvalue weighted by atomic mass is 10.0. The molecule has 0 fully saturated rings. The van der Waals surface area contributed by atoms with Gasteiger partial charge < -0.3 is 4.74 Å². The minimum Gasteiger partial charge on any atom is -0.475 e. The first-order valence-electron chi connectivity index (χ1n) is 11.0. The first kappa shape index (κ1) is 20.7. The van der Waals surface area contributed by atoms with Crippen LogP contribution in [-0.4, -0.2) is 18.5 Å². The summed E-state index contributed by atoms with van der Waals surface area (Å²) in [5.41, 5.74) is 3.77. The smallest absolute Gasteiger partial charge is 0.217 e. The van der Waals surface area contributed by atoms with E-state index >= 15 is 0 Å². The minimum absolute atomic E-state index is 0.152. The van der Waals surface area contributed by atoms with Crippen LogP contribution in [0, 0.1) is 6.92 Å². The molecular weight excluding hydrogens is 409 g/mol. The molecule has 4 aromatic rings. The van der Waals surface area contributed by atoms with Gasteiger partial charge >= 0.3 is 0 Å². The standard InChI is InChI=1S/C29H26NOP/c1-22-12-8-9-13-23(22)20-24-21-31-29(30-24)27-18-10-11-19-28(27)32(25-14-4-2-5-15-25)26-16-6-3-7-17-26/h2-19,24H,20-21H2,1H3/t24-/m0/s1. The normalized spacial score (nSPS) is 15.4. The molecular formula is C29H26NOP. The number of nitrogens with zero attached hydrogens (tertiary/aromatic N) is 1. The van der Waals surface area contributed by atoms with Crippen molar-refractivity contribution >= 4 is 29.7 Å². The third kappa shape index (κ3) is 4.38. The summed E-state index contributed by atoms with van der Waals surface area (Å²) in [5, 5.41) is 3.95. The molecule has 1 aliphatic rings. The summed E-state index contributed by atoms with van der Waals surface area (Å²) in [4.78, 5) is 5.03. The van der Waals surface area contributed by atoms with Gasteiger partial charge in [-0.15, -0.1) is 0 Å². The summed E-state index contributed by atoms with van der Waals surface area (Å²) in [6.45, 7) is 2.80. The molecule has 0 aromatic heterocycles. The van der Waals surface area contributed by atoms with Gasteiger partial charge in [-0.25, -0.2) is 4.99 Å². The van der Waals surface area contributed by atoms with Gasteiger partial charge in [0.05, 0.1) is 6.04 Å². The highest BCUT2D eigenvalue weighted by atomic mass is 31.1. The van der Waals surface area contributed by atoms with E-state index in [2.05, 4.69) is 116 Å². The third-order valence-corrected chi connectivity index (χ3v) is 8.33. The zero-order valence-corrected chi connectivity index (χ0v) is 19.1. The third-order valence-electron chi connectivity index (χ3n) is 5.83. The molecule has 0 amide bonds. The number of rotatable bonds is 6. The molecule has 3 heteroatoms. The van der Waals surface area contributed by atoms with Gasteiger partial charge in [-0.3, -0.25) is 0 Å². The van der Waals surface area contributed by atoms with E-state index in [0.29, 0.717) is 6.61 Å². The van der Waals surface area contributed by atoms with E-state index in [4.69, 9.17) is 9.73 Å². The topological polar surface area (TPSA) is 21.6 Å². The summed E-state index contributed by atoms with van der Waals surface area (Å²) < 4.78 is 6.19. The van der Waals surface area contributed by atoms with Crippen LogP contribution in [0.1, 0.15) is 16.7 Å². The van der Waals surface area contributed by atoms with Crippen molar-refractivity contribution in [2.45, 2.75) is 19.4 Å². The van der Waals surface area contributed by atoms with Crippen molar-refractivity contribution < 1.29 is 4.74 Å². The van der Waals surface area contributed by atoms with Crippen LogP contribution in [-0.2, 0) is 11.2 Å². The maximum atomic E-state index is 6.19. The van der Waals surface area contributed by atoms with Gasteiger partial charge in [-0.05, 0) is 54.4 Å². The van der Waals surface area contributed by atoms with Crippen molar-refractivity contribution in [2.24, 2.45) is 4.99 Å². The van der Waals surface area contributed by atoms with Gasteiger partial charge in [0, 0.05) is 5.56 Å². The molecule has 0 aliphatic carbocycles. The molecule has 32 heavy (non-hydrogen) atoms. The Kier molecular flexibility index (Phi) is 6.14. The molecule has 5 rings (SSSR count). The number of aryl methyl sites for hydroxylation is 1. The van der Waals surface area contributed by atoms with Gasteiger partial charge in [-0.1, -0.05) is 103 Å². The highest BCUT2D eigenvalue weighted by Crippen LogP contribution is 2.34. The van der Waals surface area contributed by atoms with E-state index in [1.807, 2.05) is 0 Å². The Morgan fingerprint density at radius 1 is 0.750 bits per heavy atom. The van der Waals surface area contributed by atoms with E-state index in [0.717, 1.165) is 17.9 Å². The fourth-order valence-corrected chi connectivity index (χ4v) is 6.63. The molecule has 1 aliphatic heterocycles. The van der Waals surface area contributed by atoms with Crippen molar-refractivity contribution in [2.75, 3.05) is 6.61 Å². The number of benzene rings is 4. The average Bonchev–Trinajstić information content (AvgIpc) is 3.31. The summed E-state index contributed by atoms with van der Waals surface area (Å²) >= 11 is 0. The van der Waals surface area contributed by atoms with Gasteiger partial charge in [0.2, 0.25) is 5.90 Å². The van der Waals surface area contributed by atoms with Crippen LogP contribution in [0.2, 0.25) is 0 Å². The van der Waals surface area contributed by atoms with Crippen LogP contribution in [0.5, 0.6) is 0 Å². The summed E-state index contributed by atoms with van der Waals surface area (Å²) in [6, 6.07) is 38.9. The van der Waals surface area contributed by atoms with Gasteiger partial charge in [-0.2, -0.15) is 0 Å². The number of aliphatic imine (C=N–C) groups is 1. The monoisotopic (exact) mass is 435 g/mol. The molecule has 0 saturated heterocycles. The number of hydrogen-bond donors (Lipinski definition) is 0. The molecule has 0 unspecified atom stereocenters. The lowest BCUT2D eigenvalue weighted by Crippen LogP contribution is -2.25. The highest BCUT2D eigenvalue weighted by Gasteiger charge is 2.26. The predicted octanol–water partition coefficient (Wildman–Crippen LogP) is 5.14. The Hall–Kier alpha value is -3.22. The van der Waals surface area contributed by atoms with Crippen LogP contribution in [0.4, 0.5) is 0 Å². The van der Waals surface area contributed by atoms with Crippen LogP contribution in [0.25, 0.3) is 0 Å². The lowest BCUT2D eigenvalue weighted by Gasteiger charge is -2.22. The summed E-state index contributed by atoms with van der Waals surface area (Å²) in [7, 11) is -0.711. The van der Waals surface area contributed by atoms with E-state index in [9.17, 15) is 0 Å². The van der Waals surface area contributed by atoms with Gasteiger partial charge in [0.25, 0.3) is 0 Å². The van der Waals surface area contributed by atoms with Crippen LogP contribution in [0.3, 0.4) is 0 Å². The first-order chi connectivity index (χ1) is 15.8. The number of ether oxygens (including phenoxy) is 1. The maximum Gasteiger partial charge on any atom is 0.217 e. The Morgan fingerprint density at radius 3 is 2.03 bits per heavy atom. The minimum atomic E-state index is -0.711. The zero-order chi connectivity index (χ0) is 21.8. The van der Waals surface area contributed by atoms with Crippen molar-refractivity contribution in [1.29, 1.82) is 0 Å². The van der Waals surface area contributed by atoms with Crippen molar-refractivity contribution in [3.8, 4) is 0 Å². The predicted molar refractivity (Wildman–Crippen MR) is 136 cm³/mol. The highest BCUT2D eigenvalue weighted by molar-refractivity contribution is 7.80. The van der Waals surface area contributed by atoms with E-state index < -0.39 is 7.92 Å². The van der Waals surface area contributed by atoms with E-state index in [1.54, 1.807) is 0 Å². The second-order valence-corrected chi connectivity index (χ2v) is 10.2. The summed E-state index contributed by atoms with van der Waals surface area (Å²) in [5.74, 6) is 0.776. The molecule has 0 radical (unpaired) electrons. The molecule has 1 heterocycles. The summed E-state index contributed by atoms with van der Waals surface area (Å²) in [6.07, 6.45) is 0.907. The Labute approximate surface area is 191 Å². The molecule has 1 atom stereocenters. The van der Waals surface area contributed by atoms with Crippen LogP contribution < -0.4 is 15.9 Å². The van der Waals surface area contributed by atoms with Crippen molar-refractivity contribution in [3.63, 3.8) is 0 Å². The number of hydrogen-bond acceptors (Lipinski definition) is 2. The fraction of sp³-hybridized carbons (Fsp3) is 0.138. The lowest BCUT2D eigenvalue weighted by molar-refractivity contribution is 0.317. The molecule has 2 nitrogen and oxygen atoms in total. The van der Waals surface area contributed by atoms with Crippen molar-refractivity contribution in [3.05, 3.63) is 126 Å². The zero-order valence-electron chi connectivity index (χ0n) is 18.2. The largest absolute Gasteiger partial charge is 0.475 e. The average molecular weight is 436 g/mol. The Balaban J connectivity index is 1.52. The fourth-order valence-electron chi connectivity index (χ4n) is 4.19. The molecule has 0 spiro atoms. The maximum absolute atomic E-state index is 6.19. The Bertz CT molecular complexity index is 1180. The quantitative estimate of drug-likeness (QED) is 0.384. The van der Waals surface area contributed by atoms with Crippen LogP contribution in [0.15, 0.2) is 114 Å². The molecule has 158 valence electrons. The van der Waals surface area contributed by atoms with Crippen molar-refractivity contribution in [1.82, 2.24) is 0 Å². The SMILES string of the molecule is Cc1ccccc1C[C@H]1COC(c2ccccc2P(c2ccccc2)c2ccccc2)=N1. The molecule has 0 bridgehead atoms. The van der Waals surface area contributed by atoms with Gasteiger partial charge in [0.1, 0.15) is 6.61 Å². The van der Waals surface area contributed by atoms with Crippen LogP contribution >= 0.6 is 7.92 Å². The Morgan fingerprint density at radius 2 is 1.34 bits per heavy atom. The first-order valence-corrected chi connectivity index (χ1v) is 12.4. The molecule has 0 saturated carbocycles. The molecule has 4 aromatic carbocycles.